The number of hydrogen-bond acceptors (Lipinski definition) is 27. The number of aromatic amines is 2. The molecular weight excluding hydrogens is 1050 g/mol. The fourth-order valence-corrected chi connectivity index (χ4v) is 9.87. The number of aliphatic hydroxyl groups excluding tert-OH is 1. The Labute approximate surface area is 420 Å². The van der Waals surface area contributed by atoms with Gasteiger partial charge in [0.2, 0.25) is 17.8 Å². The fourth-order valence-electron chi connectivity index (χ4n) is 7.94. The number of aromatic nitrogens is 8. The monoisotopic (exact) mass is 1110 g/mol. The van der Waals surface area contributed by atoms with E-state index in [0.717, 1.165) is 17.2 Å². The Bertz CT molecular complexity index is 2900. The first-order valence-electron chi connectivity index (χ1n) is 22.9. The van der Waals surface area contributed by atoms with Gasteiger partial charge in [-0.3, -0.25) is 61.2 Å². The van der Waals surface area contributed by atoms with Crippen LogP contribution in [0.2, 0.25) is 0 Å². The third-order valence-corrected chi connectivity index (χ3v) is 13.3. The molecule has 8 rings (SSSR count). The van der Waals surface area contributed by atoms with E-state index in [2.05, 4.69) is 35.2 Å². The molecule has 0 saturated carbocycles. The number of aliphatic hydroxyl groups is 1. The van der Waals surface area contributed by atoms with E-state index in [0.29, 0.717) is 5.06 Å². The van der Waals surface area contributed by atoms with Crippen molar-refractivity contribution in [3.8, 4) is 0 Å². The summed E-state index contributed by atoms with van der Waals surface area (Å²) in [6, 6.07) is -1.50. The third-order valence-electron chi connectivity index (χ3n) is 11.4. The highest BCUT2D eigenvalue weighted by molar-refractivity contribution is 7.47. The first-order valence-corrected chi connectivity index (χ1v) is 25.9. The smallest absolute Gasteiger partial charge is 0.386 e. The predicted octanol–water partition coefficient (Wildman–Crippen LogP) is -3.45. The molecule has 0 bridgehead atoms. The molecule has 8 heterocycles. The maximum Gasteiger partial charge on any atom is 0.472 e. The number of hydrogen-bond donors (Lipinski definition) is 8. The number of carbonyl (C=O) groups excluding carboxylic acids is 4. The Kier molecular flexibility index (Phi) is 18.1. The van der Waals surface area contributed by atoms with Crippen molar-refractivity contribution in [2.45, 2.75) is 74.7 Å². The Balaban J connectivity index is 0.812. The average Bonchev–Trinajstić information content (AvgIpc) is 4.19. The van der Waals surface area contributed by atoms with E-state index in [1.54, 1.807) is 0 Å². The molecule has 4 aliphatic heterocycles. The molecule has 35 nitrogen and oxygen atoms in total. The minimum absolute atomic E-state index is 0.00134. The number of nitrogens with two attached hydrogens (primary N) is 2. The molecule has 75 heavy (non-hydrogen) atoms. The van der Waals surface area contributed by atoms with E-state index in [4.69, 9.17) is 67.6 Å². The molecule has 4 aliphatic rings. The van der Waals surface area contributed by atoms with Gasteiger partial charge in [0.05, 0.1) is 98.4 Å². The summed E-state index contributed by atoms with van der Waals surface area (Å²) in [5.41, 5.74) is 9.33. The molecule has 4 aromatic heterocycles. The van der Waals surface area contributed by atoms with Crippen molar-refractivity contribution in [2.24, 2.45) is 0 Å². The van der Waals surface area contributed by atoms with Crippen molar-refractivity contribution in [3.05, 3.63) is 33.4 Å². The Morgan fingerprint density at radius 2 is 1.12 bits per heavy atom. The van der Waals surface area contributed by atoms with Crippen LogP contribution in [0.5, 0.6) is 0 Å². The van der Waals surface area contributed by atoms with E-state index in [1.165, 1.54) is 4.57 Å². The van der Waals surface area contributed by atoms with Gasteiger partial charge < -0.3 is 69.7 Å². The highest BCUT2D eigenvalue weighted by Gasteiger charge is 2.55. The number of phosphoric acid groups is 2. The summed E-state index contributed by atoms with van der Waals surface area (Å²) < 4.78 is 90.5. The molecule has 0 aromatic carbocycles. The second kappa shape index (κ2) is 24.5. The number of carbonyl (C=O) groups is 4. The highest BCUT2D eigenvalue weighted by Crippen LogP contribution is 2.53. The molecule has 4 saturated heterocycles. The summed E-state index contributed by atoms with van der Waals surface area (Å²) in [6.07, 6.45) is -9.91. The lowest BCUT2D eigenvalue weighted by atomic mass is 10.1. The van der Waals surface area contributed by atoms with Crippen molar-refractivity contribution in [1.82, 2.24) is 49.4 Å². The Morgan fingerprint density at radius 1 is 0.680 bits per heavy atom. The van der Waals surface area contributed by atoms with E-state index < -0.39 is 113 Å². The van der Waals surface area contributed by atoms with Crippen LogP contribution in [0.1, 0.15) is 38.1 Å². The summed E-state index contributed by atoms with van der Waals surface area (Å²) in [4.78, 5) is 121. The fraction of sp³-hybridized carbons (Fsp3) is 0.632. The van der Waals surface area contributed by atoms with Gasteiger partial charge in [-0.05, 0) is 0 Å². The normalized spacial score (nSPS) is 28.3. The average molecular weight is 1110 g/mol. The van der Waals surface area contributed by atoms with Crippen molar-refractivity contribution >= 4 is 73.6 Å². The van der Waals surface area contributed by atoms with Crippen LogP contribution in [0, 0.1) is 0 Å². The molecule has 4 fully saturated rings. The number of nitrogen functional groups attached to an aromatic ring is 2. The van der Waals surface area contributed by atoms with Crippen molar-refractivity contribution in [1.29, 1.82) is 0 Å². The molecule has 412 valence electrons. The summed E-state index contributed by atoms with van der Waals surface area (Å²) in [7, 11) is -10.5. The summed E-state index contributed by atoms with van der Waals surface area (Å²) in [6.45, 7) is -0.501. The van der Waals surface area contributed by atoms with Gasteiger partial charge in [0.15, 0.2) is 34.8 Å². The molecular formula is C38H52N12O23P2. The van der Waals surface area contributed by atoms with Gasteiger partial charge in [-0.1, -0.05) is 0 Å². The van der Waals surface area contributed by atoms with Crippen molar-refractivity contribution in [3.63, 3.8) is 0 Å². The number of ether oxygens (including phenoxy) is 7. The Hall–Kier alpha value is -5.72. The van der Waals surface area contributed by atoms with Gasteiger partial charge in [-0.15, -0.1) is 5.06 Å². The standard InChI is InChI=1S/C38H52N12O23P2/c39-37-44-31-26(33(56)46-37)41-17-48(31)35-25(43-21(51)3-5-62-7-9-64-11-13-66-14-12-65-10-8-63-6-4-24(54)71-50-22(52)1-2-23(50)53)29-19(69-35)15-67-75(60,61)73-30-20(16-68-74(58,59)72-29)70-36(28(30)55)49-18-42-27-32(49)45-38(40)47-34(27)57/h17-20,25,28-30,35-36,55H,1-16H2,(H,43,51)(H,58,59)(H,60,61)(H3,39,44,46,56)(H3,40,45,47,57)/t19-,20-,25?,28?,29+,30+,35-,36-/m1/s1. The van der Waals surface area contributed by atoms with Gasteiger partial charge in [-0.25, -0.2) is 23.9 Å². The topological polar surface area (TPSA) is 468 Å². The zero-order valence-corrected chi connectivity index (χ0v) is 41.1. The SMILES string of the molecule is Nc1nc2c(ncn2[C@@H]2O[C@@H]3COP(=O)(O)O[C@@H]4C(NC(=O)CCOCCOCCOCCOCCOCCC(=O)ON5C(=O)CCC5=O)[C@H](n5cnc6c(=O)[nH]c(N)nc65)O[C@@H]4COP(=O)(O)O[C@@H]3C2O)c(=O)[nH]1. The van der Waals surface area contributed by atoms with Crippen LogP contribution >= 0.6 is 15.6 Å². The molecule has 4 unspecified atom stereocenters. The van der Waals surface area contributed by atoms with Crippen LogP contribution in [0.25, 0.3) is 22.3 Å². The number of amides is 3. The van der Waals surface area contributed by atoms with Gasteiger partial charge in [0.1, 0.15) is 36.6 Å². The number of rotatable bonds is 22. The quantitative estimate of drug-likeness (QED) is 0.0215. The van der Waals surface area contributed by atoms with Gasteiger partial charge in [-0.2, -0.15) is 9.97 Å². The Morgan fingerprint density at radius 3 is 1.64 bits per heavy atom. The van der Waals surface area contributed by atoms with Crippen LogP contribution < -0.4 is 27.9 Å². The number of fused-ring (bicyclic) bond motifs is 4. The van der Waals surface area contributed by atoms with Crippen molar-refractivity contribution in [2.75, 3.05) is 90.7 Å². The van der Waals surface area contributed by atoms with E-state index in [-0.39, 0.29) is 126 Å². The maximum absolute atomic E-state index is 13.8. The highest BCUT2D eigenvalue weighted by atomic mass is 31.2. The molecule has 3 amide bonds. The van der Waals surface area contributed by atoms with Gasteiger partial charge >= 0.3 is 21.6 Å². The van der Waals surface area contributed by atoms with E-state index >= 15 is 0 Å². The first-order chi connectivity index (χ1) is 35.9. The number of hydroxylamine groups is 2. The summed E-state index contributed by atoms with van der Waals surface area (Å²) in [5, 5.41) is 14.5. The minimum Gasteiger partial charge on any atom is -0.386 e. The van der Waals surface area contributed by atoms with E-state index in [1.807, 2.05) is 0 Å². The minimum atomic E-state index is -5.28. The largest absolute Gasteiger partial charge is 0.472 e. The number of anilines is 2. The lowest BCUT2D eigenvalue weighted by Gasteiger charge is -2.29. The number of imidazole rings is 2. The molecule has 10 atom stereocenters. The van der Waals surface area contributed by atoms with Crippen LogP contribution in [-0.2, 0) is 84.4 Å². The molecule has 0 radical (unpaired) electrons. The number of nitrogens with one attached hydrogen (secondary N) is 3. The number of H-pyrrole nitrogens is 2. The van der Waals surface area contributed by atoms with Crippen LogP contribution in [0.3, 0.4) is 0 Å². The molecule has 0 aliphatic carbocycles. The predicted molar refractivity (Wildman–Crippen MR) is 243 cm³/mol. The van der Waals surface area contributed by atoms with Crippen molar-refractivity contribution < 1.29 is 99.3 Å². The van der Waals surface area contributed by atoms with E-state index in [9.17, 15) is 52.8 Å². The first kappa shape index (κ1) is 55.5. The number of nitrogens with zero attached hydrogens (tertiary/aromatic N) is 7. The van der Waals surface area contributed by atoms with Crippen LogP contribution in [-0.4, -0.2) is 199 Å². The lowest BCUT2D eigenvalue weighted by Crippen LogP contribution is -2.48. The summed E-state index contributed by atoms with van der Waals surface area (Å²) >= 11 is 0. The zero-order valence-electron chi connectivity index (χ0n) is 39.3. The number of phosphoric ester groups is 2. The molecule has 10 N–H and O–H groups in total. The number of imide groups is 1. The molecule has 37 heteroatoms. The van der Waals surface area contributed by atoms with Crippen LogP contribution in [0.4, 0.5) is 11.9 Å². The summed E-state index contributed by atoms with van der Waals surface area (Å²) in [5.74, 6) is -3.25. The second-order valence-corrected chi connectivity index (χ2v) is 19.4. The molecule has 0 spiro atoms. The third kappa shape index (κ3) is 13.8. The lowest BCUT2D eigenvalue weighted by molar-refractivity contribution is -0.198. The van der Waals surface area contributed by atoms with Gasteiger partial charge in [0, 0.05) is 19.3 Å². The second-order valence-electron chi connectivity index (χ2n) is 16.5. The van der Waals surface area contributed by atoms with Crippen LogP contribution in [0.15, 0.2) is 22.2 Å². The zero-order chi connectivity index (χ0) is 53.4. The van der Waals surface area contributed by atoms with Gasteiger partial charge in [0.25, 0.3) is 22.9 Å². The maximum atomic E-state index is 13.8. The molecule has 4 aromatic rings.